The second-order valence-corrected chi connectivity index (χ2v) is 7.73. The van der Waals surface area contributed by atoms with Gasteiger partial charge in [0.2, 0.25) is 0 Å². The fraction of sp³-hybridized carbons (Fsp3) is 0.467. The zero-order chi connectivity index (χ0) is 16.2. The molecule has 0 fully saturated rings. The first-order valence-corrected chi connectivity index (χ1v) is 9.37. The molecule has 22 heavy (non-hydrogen) atoms. The van der Waals surface area contributed by atoms with E-state index in [9.17, 15) is 5.21 Å². The molecule has 0 aromatic heterocycles. The molecular weight excluding hydrogens is 305 g/mol. The van der Waals surface area contributed by atoms with Gasteiger partial charge in [0, 0.05) is 0 Å². The maximum absolute atomic E-state index is 10.2. The van der Waals surface area contributed by atoms with Gasteiger partial charge in [-0.3, -0.25) is 0 Å². The van der Waals surface area contributed by atoms with Crippen molar-refractivity contribution in [1.82, 2.24) is 5.23 Å². The van der Waals surface area contributed by atoms with Crippen molar-refractivity contribution in [3.8, 4) is 0 Å². The summed E-state index contributed by atoms with van der Waals surface area (Å²) in [6, 6.07) is 9.57. The summed E-state index contributed by atoms with van der Waals surface area (Å²) in [6.07, 6.45) is 0. The van der Waals surface area contributed by atoms with Gasteiger partial charge in [0.15, 0.2) is 0 Å². The molecule has 0 spiro atoms. The van der Waals surface area contributed by atoms with E-state index in [4.69, 9.17) is 18.2 Å². The molecule has 1 aliphatic heterocycles. The van der Waals surface area contributed by atoms with Crippen molar-refractivity contribution in [3.63, 3.8) is 0 Å². The normalized spacial score (nSPS) is 21.7. The van der Waals surface area contributed by atoms with Gasteiger partial charge in [0.25, 0.3) is 0 Å². The Labute approximate surface area is 131 Å². The Morgan fingerprint density at radius 1 is 1.00 bits per heavy atom. The first-order valence-electron chi connectivity index (χ1n) is 7.46. The third-order valence-corrected chi connectivity index (χ3v) is 7.17. The molecule has 1 aromatic carbocycles. The van der Waals surface area contributed by atoms with Gasteiger partial charge in [-0.2, -0.15) is 0 Å². The summed E-state index contributed by atoms with van der Waals surface area (Å²) in [5.74, 6) is 0. The van der Waals surface area contributed by atoms with Gasteiger partial charge < -0.3 is 0 Å². The standard InChI is InChI=1S/C15H24NO5P/c1-5-18-22(19-6-2,20-7-3)15(13(4)16(17)21-22)14-11-9-8-10-12-14/h8-12,17H,5-7H2,1-4H3. The van der Waals surface area contributed by atoms with Crippen molar-refractivity contribution in [2.45, 2.75) is 27.7 Å². The van der Waals surface area contributed by atoms with Crippen LogP contribution in [-0.4, -0.2) is 30.3 Å². The van der Waals surface area contributed by atoms with Gasteiger partial charge in [-0.05, 0) is 0 Å². The SMILES string of the molecule is CCOP1(OCC)(OCC)ON(O)C(C)=C1c1ccccc1. The summed E-state index contributed by atoms with van der Waals surface area (Å²) in [5, 5.41) is 11.5. The third-order valence-electron chi connectivity index (χ3n) is 3.32. The quantitative estimate of drug-likeness (QED) is 0.751. The molecule has 6 nitrogen and oxygen atoms in total. The molecule has 0 bridgehead atoms. The van der Waals surface area contributed by atoms with Crippen molar-refractivity contribution >= 4 is 12.8 Å². The van der Waals surface area contributed by atoms with Crippen LogP contribution in [-0.2, 0) is 18.2 Å². The van der Waals surface area contributed by atoms with E-state index in [1.807, 2.05) is 51.1 Å². The molecule has 1 aromatic rings. The zero-order valence-electron chi connectivity index (χ0n) is 13.5. The van der Waals surface area contributed by atoms with Gasteiger partial charge >= 0.3 is 131 Å². The molecule has 0 unspecified atom stereocenters. The average Bonchev–Trinajstić information content (AvgIpc) is 2.69. The predicted octanol–water partition coefficient (Wildman–Crippen LogP) is 4.33. The Kier molecular flexibility index (Phi) is 5.22. The molecule has 1 heterocycles. The third kappa shape index (κ3) is 2.67. The van der Waals surface area contributed by atoms with Crippen LogP contribution in [0.1, 0.15) is 33.3 Å². The van der Waals surface area contributed by atoms with Crippen LogP contribution in [0.15, 0.2) is 36.0 Å². The number of hydroxylamine groups is 2. The van der Waals surface area contributed by atoms with Crippen LogP contribution >= 0.6 is 7.51 Å². The molecule has 1 N–H and O–H groups in total. The van der Waals surface area contributed by atoms with Crippen LogP contribution in [0.5, 0.6) is 0 Å². The number of nitrogens with zero attached hydrogens (tertiary/aromatic N) is 1. The Morgan fingerprint density at radius 3 is 1.95 bits per heavy atom. The van der Waals surface area contributed by atoms with Crippen LogP contribution in [0.25, 0.3) is 5.31 Å². The summed E-state index contributed by atoms with van der Waals surface area (Å²) >= 11 is 0. The number of rotatable bonds is 7. The van der Waals surface area contributed by atoms with Crippen LogP contribution in [0.2, 0.25) is 0 Å². The number of benzene rings is 1. The molecule has 7 heteroatoms. The van der Waals surface area contributed by atoms with E-state index in [0.29, 0.717) is 36.1 Å². The molecule has 0 saturated heterocycles. The van der Waals surface area contributed by atoms with Crippen LogP contribution < -0.4 is 0 Å². The van der Waals surface area contributed by atoms with E-state index in [2.05, 4.69) is 0 Å². The molecule has 0 radical (unpaired) electrons. The Morgan fingerprint density at radius 2 is 1.50 bits per heavy atom. The summed E-state index contributed by atoms with van der Waals surface area (Å²) in [4.78, 5) is 0. The minimum atomic E-state index is -4.12. The molecule has 0 atom stereocenters. The zero-order valence-corrected chi connectivity index (χ0v) is 14.4. The van der Waals surface area contributed by atoms with E-state index >= 15 is 0 Å². The average molecular weight is 329 g/mol. The summed E-state index contributed by atoms with van der Waals surface area (Å²) in [5.41, 5.74) is 1.34. The maximum atomic E-state index is 10.2. The monoisotopic (exact) mass is 329 g/mol. The fourth-order valence-electron chi connectivity index (χ4n) is 2.65. The number of hydrogen-bond donors (Lipinski definition) is 1. The van der Waals surface area contributed by atoms with E-state index in [-0.39, 0.29) is 0 Å². The van der Waals surface area contributed by atoms with Gasteiger partial charge in [-0.15, -0.1) is 0 Å². The van der Waals surface area contributed by atoms with E-state index in [1.54, 1.807) is 6.92 Å². The fourth-order valence-corrected chi connectivity index (χ4v) is 6.39. The van der Waals surface area contributed by atoms with Crippen molar-refractivity contribution < 1.29 is 23.4 Å². The van der Waals surface area contributed by atoms with Gasteiger partial charge in [0.1, 0.15) is 0 Å². The molecule has 2 rings (SSSR count). The molecule has 124 valence electrons. The van der Waals surface area contributed by atoms with Crippen molar-refractivity contribution in [3.05, 3.63) is 41.6 Å². The van der Waals surface area contributed by atoms with Crippen molar-refractivity contribution in [1.29, 1.82) is 0 Å². The van der Waals surface area contributed by atoms with Crippen LogP contribution in [0.4, 0.5) is 0 Å². The Hall–Kier alpha value is -1.01. The topological polar surface area (TPSA) is 60.4 Å². The van der Waals surface area contributed by atoms with Gasteiger partial charge in [-0.25, -0.2) is 0 Å². The summed E-state index contributed by atoms with van der Waals surface area (Å²) < 4.78 is 23.6. The number of allylic oxidation sites excluding steroid dienone is 1. The van der Waals surface area contributed by atoms with E-state index < -0.39 is 7.51 Å². The molecule has 1 aliphatic rings. The van der Waals surface area contributed by atoms with Gasteiger partial charge in [0.05, 0.1) is 0 Å². The minimum absolute atomic E-state index is 0.329. The summed E-state index contributed by atoms with van der Waals surface area (Å²) in [7, 11) is -4.12. The van der Waals surface area contributed by atoms with E-state index in [0.717, 1.165) is 5.56 Å². The summed E-state index contributed by atoms with van der Waals surface area (Å²) in [6.45, 7) is 8.25. The second kappa shape index (κ2) is 6.62. The first kappa shape index (κ1) is 17.3. The molecule has 0 aliphatic carbocycles. The van der Waals surface area contributed by atoms with Crippen LogP contribution in [0, 0.1) is 0 Å². The van der Waals surface area contributed by atoms with Crippen molar-refractivity contribution in [2.24, 2.45) is 0 Å². The first-order chi connectivity index (χ1) is 10.5. The Bertz CT molecular complexity index is 528. The molecule has 0 amide bonds. The Balaban J connectivity index is 2.70. The predicted molar refractivity (Wildman–Crippen MR) is 85.5 cm³/mol. The molecular formula is C15H24NO5P. The van der Waals surface area contributed by atoms with Crippen LogP contribution in [0.3, 0.4) is 0 Å². The van der Waals surface area contributed by atoms with Gasteiger partial charge in [-0.1, -0.05) is 0 Å². The second-order valence-electron chi connectivity index (χ2n) is 4.72. The van der Waals surface area contributed by atoms with Crippen molar-refractivity contribution in [2.75, 3.05) is 19.8 Å². The molecule has 0 saturated carbocycles. The van der Waals surface area contributed by atoms with E-state index in [1.165, 1.54) is 0 Å². The number of hydrogen-bond acceptors (Lipinski definition) is 6.